The number of nitrogens with two attached hydrogens (primary N) is 1. The average Bonchev–Trinajstić information content (AvgIpc) is 2.49. The van der Waals surface area contributed by atoms with Gasteiger partial charge in [0.1, 0.15) is 12.4 Å². The minimum atomic E-state index is -0.0329. The number of amides is 1. The summed E-state index contributed by atoms with van der Waals surface area (Å²) in [4.78, 5) is 12.0. The molecule has 21 heavy (non-hydrogen) atoms. The summed E-state index contributed by atoms with van der Waals surface area (Å²) < 4.78 is 5.38. The van der Waals surface area contributed by atoms with Crippen LogP contribution in [0.25, 0.3) is 0 Å². The van der Waals surface area contributed by atoms with Gasteiger partial charge >= 0.3 is 0 Å². The van der Waals surface area contributed by atoms with E-state index in [9.17, 15) is 4.79 Å². The van der Waals surface area contributed by atoms with Crippen LogP contribution in [0.1, 0.15) is 11.1 Å². The Hall–Kier alpha value is -2.33. The second-order valence-corrected chi connectivity index (χ2v) is 4.87. The highest BCUT2D eigenvalue weighted by Crippen LogP contribution is 2.16. The van der Waals surface area contributed by atoms with Crippen LogP contribution in [0.2, 0.25) is 0 Å². The Morgan fingerprint density at radius 3 is 2.38 bits per heavy atom. The van der Waals surface area contributed by atoms with Crippen LogP contribution >= 0.6 is 0 Å². The summed E-state index contributed by atoms with van der Waals surface area (Å²) in [6.07, 6.45) is 0.367. The topological polar surface area (TPSA) is 64.3 Å². The Morgan fingerprint density at radius 1 is 1.10 bits per heavy atom. The molecule has 0 fully saturated rings. The number of anilines is 1. The molecular weight excluding hydrogens is 264 g/mol. The number of hydrogen-bond acceptors (Lipinski definition) is 3. The fourth-order valence-electron chi connectivity index (χ4n) is 1.91. The zero-order valence-corrected chi connectivity index (χ0v) is 12.1. The summed E-state index contributed by atoms with van der Waals surface area (Å²) >= 11 is 0. The lowest BCUT2D eigenvalue weighted by Gasteiger charge is -2.08. The van der Waals surface area contributed by atoms with Crippen LogP contribution in [0.5, 0.6) is 5.75 Å². The van der Waals surface area contributed by atoms with Gasteiger partial charge in [-0.1, -0.05) is 29.8 Å². The van der Waals surface area contributed by atoms with Crippen molar-refractivity contribution in [3.8, 4) is 5.75 Å². The number of benzene rings is 2. The van der Waals surface area contributed by atoms with Crippen LogP contribution in [-0.4, -0.2) is 19.1 Å². The van der Waals surface area contributed by atoms with Gasteiger partial charge < -0.3 is 15.8 Å². The van der Waals surface area contributed by atoms with Gasteiger partial charge in [-0.2, -0.15) is 0 Å². The fourth-order valence-corrected chi connectivity index (χ4v) is 1.91. The van der Waals surface area contributed by atoms with E-state index < -0.39 is 0 Å². The van der Waals surface area contributed by atoms with E-state index in [1.165, 1.54) is 5.56 Å². The Bertz CT molecular complexity index is 577. The molecule has 0 aliphatic rings. The minimum absolute atomic E-state index is 0.0329. The van der Waals surface area contributed by atoms with Gasteiger partial charge in [-0.25, -0.2) is 0 Å². The molecule has 2 aromatic carbocycles. The number of ether oxygens (including phenoxy) is 1. The van der Waals surface area contributed by atoms with Crippen molar-refractivity contribution in [1.82, 2.24) is 0 Å². The van der Waals surface area contributed by atoms with Gasteiger partial charge in [-0.3, -0.25) is 4.79 Å². The Labute approximate surface area is 124 Å². The molecule has 0 spiro atoms. The second kappa shape index (κ2) is 7.45. The quantitative estimate of drug-likeness (QED) is 0.856. The zero-order chi connectivity index (χ0) is 15.1. The molecule has 4 heteroatoms. The van der Waals surface area contributed by atoms with E-state index in [4.69, 9.17) is 10.5 Å². The molecule has 0 aromatic heterocycles. The monoisotopic (exact) mass is 284 g/mol. The highest BCUT2D eigenvalue weighted by atomic mass is 16.5. The van der Waals surface area contributed by atoms with Crippen LogP contribution in [0, 0.1) is 6.92 Å². The van der Waals surface area contributed by atoms with Crippen LogP contribution in [0.4, 0.5) is 5.69 Å². The number of carbonyl (C=O) groups is 1. The first-order chi connectivity index (χ1) is 10.2. The molecule has 0 saturated carbocycles. The molecule has 0 unspecified atom stereocenters. The van der Waals surface area contributed by atoms with Gasteiger partial charge in [-0.15, -0.1) is 0 Å². The molecule has 3 N–H and O–H groups in total. The predicted octanol–water partition coefficient (Wildman–Crippen LogP) is 2.51. The lowest BCUT2D eigenvalue weighted by atomic mass is 10.1. The number of hydrogen-bond donors (Lipinski definition) is 2. The first kappa shape index (κ1) is 15.1. The van der Waals surface area contributed by atoms with Crippen LogP contribution in [-0.2, 0) is 11.2 Å². The van der Waals surface area contributed by atoms with E-state index in [0.717, 1.165) is 17.0 Å². The Kier molecular flexibility index (Phi) is 5.35. The Morgan fingerprint density at radius 2 is 1.76 bits per heavy atom. The standard InChI is InChI=1S/C17H20N2O2/c1-13-2-4-14(5-3-13)12-17(20)19-15-6-8-16(9-7-15)21-11-10-18/h2-9H,10-12,18H2,1H3,(H,19,20). The van der Waals surface area contributed by atoms with Gasteiger partial charge in [-0.05, 0) is 36.8 Å². The Balaban J connectivity index is 1.88. The van der Waals surface area contributed by atoms with Crippen molar-refractivity contribution < 1.29 is 9.53 Å². The van der Waals surface area contributed by atoms with Gasteiger partial charge in [0.05, 0.1) is 6.42 Å². The molecule has 0 aliphatic carbocycles. The maximum atomic E-state index is 12.0. The van der Waals surface area contributed by atoms with Gasteiger partial charge in [0.2, 0.25) is 5.91 Å². The van der Waals surface area contributed by atoms with E-state index in [2.05, 4.69) is 5.32 Å². The first-order valence-corrected chi connectivity index (χ1v) is 6.96. The highest BCUT2D eigenvalue weighted by molar-refractivity contribution is 5.92. The largest absolute Gasteiger partial charge is 0.492 e. The third kappa shape index (κ3) is 4.93. The molecule has 0 atom stereocenters. The van der Waals surface area contributed by atoms with E-state index in [0.29, 0.717) is 19.6 Å². The summed E-state index contributed by atoms with van der Waals surface area (Å²) in [6.45, 7) is 2.99. The predicted molar refractivity (Wildman–Crippen MR) is 84.5 cm³/mol. The minimum Gasteiger partial charge on any atom is -0.492 e. The molecule has 2 aromatic rings. The van der Waals surface area contributed by atoms with Crippen LogP contribution in [0.15, 0.2) is 48.5 Å². The summed E-state index contributed by atoms with van der Waals surface area (Å²) in [5, 5.41) is 2.87. The number of rotatable bonds is 6. The average molecular weight is 284 g/mol. The highest BCUT2D eigenvalue weighted by Gasteiger charge is 2.04. The third-order valence-corrected chi connectivity index (χ3v) is 3.01. The van der Waals surface area contributed by atoms with Crippen molar-refractivity contribution in [3.63, 3.8) is 0 Å². The zero-order valence-electron chi connectivity index (χ0n) is 12.1. The van der Waals surface area contributed by atoms with Gasteiger partial charge in [0.25, 0.3) is 0 Å². The lowest BCUT2D eigenvalue weighted by molar-refractivity contribution is -0.115. The van der Waals surface area contributed by atoms with Crippen molar-refractivity contribution in [2.75, 3.05) is 18.5 Å². The van der Waals surface area contributed by atoms with E-state index in [1.807, 2.05) is 55.5 Å². The molecule has 2 rings (SSSR count). The number of nitrogens with one attached hydrogen (secondary N) is 1. The maximum absolute atomic E-state index is 12.0. The van der Waals surface area contributed by atoms with Crippen molar-refractivity contribution in [1.29, 1.82) is 0 Å². The van der Waals surface area contributed by atoms with E-state index in [-0.39, 0.29) is 5.91 Å². The summed E-state index contributed by atoms with van der Waals surface area (Å²) in [7, 11) is 0. The molecule has 1 amide bonds. The third-order valence-electron chi connectivity index (χ3n) is 3.01. The molecule has 0 radical (unpaired) electrons. The molecular formula is C17H20N2O2. The molecule has 0 heterocycles. The lowest BCUT2D eigenvalue weighted by Crippen LogP contribution is -2.14. The summed E-state index contributed by atoms with van der Waals surface area (Å²) in [5.41, 5.74) is 8.32. The van der Waals surface area contributed by atoms with Crippen molar-refractivity contribution in [2.45, 2.75) is 13.3 Å². The first-order valence-electron chi connectivity index (χ1n) is 6.96. The molecule has 0 bridgehead atoms. The number of carbonyl (C=O) groups excluding carboxylic acids is 1. The van der Waals surface area contributed by atoms with Crippen molar-refractivity contribution in [3.05, 3.63) is 59.7 Å². The van der Waals surface area contributed by atoms with Crippen molar-refractivity contribution in [2.24, 2.45) is 5.73 Å². The van der Waals surface area contributed by atoms with Gasteiger partial charge in [0.15, 0.2) is 0 Å². The normalized spacial score (nSPS) is 10.2. The number of aryl methyl sites for hydroxylation is 1. The molecule has 4 nitrogen and oxygen atoms in total. The van der Waals surface area contributed by atoms with E-state index >= 15 is 0 Å². The summed E-state index contributed by atoms with van der Waals surface area (Å²) in [5.74, 6) is 0.714. The van der Waals surface area contributed by atoms with Crippen LogP contribution in [0.3, 0.4) is 0 Å². The van der Waals surface area contributed by atoms with E-state index in [1.54, 1.807) is 0 Å². The smallest absolute Gasteiger partial charge is 0.228 e. The molecule has 0 saturated heterocycles. The van der Waals surface area contributed by atoms with Crippen LogP contribution < -0.4 is 15.8 Å². The molecule has 0 aliphatic heterocycles. The fraction of sp³-hybridized carbons (Fsp3) is 0.235. The molecule has 110 valence electrons. The van der Waals surface area contributed by atoms with Gasteiger partial charge in [0, 0.05) is 12.2 Å². The summed E-state index contributed by atoms with van der Waals surface area (Å²) in [6, 6.07) is 15.2. The van der Waals surface area contributed by atoms with Crippen molar-refractivity contribution >= 4 is 11.6 Å². The second-order valence-electron chi connectivity index (χ2n) is 4.87. The maximum Gasteiger partial charge on any atom is 0.228 e. The SMILES string of the molecule is Cc1ccc(CC(=O)Nc2ccc(OCCN)cc2)cc1.